The van der Waals surface area contributed by atoms with Gasteiger partial charge < -0.3 is 9.80 Å². The first kappa shape index (κ1) is 24.3. The molecule has 0 spiro atoms. The molecule has 0 bridgehead atoms. The number of amides is 1. The van der Waals surface area contributed by atoms with Crippen molar-refractivity contribution in [2.45, 2.75) is 63.0 Å². The molecule has 0 N–H and O–H groups in total. The van der Waals surface area contributed by atoms with Gasteiger partial charge in [0, 0.05) is 37.4 Å². The van der Waals surface area contributed by atoms with E-state index in [0.717, 1.165) is 30.0 Å². The number of likely N-dealkylation sites (N-methyl/N-ethyl adjacent to an activating group) is 1. The van der Waals surface area contributed by atoms with Crippen molar-refractivity contribution in [3.05, 3.63) is 64.0 Å². The highest BCUT2D eigenvalue weighted by molar-refractivity contribution is 8.02. The fourth-order valence-corrected chi connectivity index (χ4v) is 7.16. The number of hydrogen-bond acceptors (Lipinski definition) is 4. The van der Waals surface area contributed by atoms with E-state index in [9.17, 15) is 18.0 Å². The standard InChI is InChI=1S/C26H31F3N4OS/c1-17-14-23(26(27,28)29)30-33(17)15-24(34)32-12-10-19(11-13-32)25-31(2)22(16-35-25)21-9-5-7-18-6-3-4-8-20(18)21/h3-4,6,8,14,16,19,21,25H,5,7,9-13,15H2,1-2H3/t21?,25-/m1/s1. The van der Waals surface area contributed by atoms with E-state index in [4.69, 9.17) is 0 Å². The molecular weight excluding hydrogens is 473 g/mol. The van der Waals surface area contributed by atoms with Gasteiger partial charge in [0.25, 0.3) is 0 Å². The Bertz CT molecular complexity index is 1120. The zero-order valence-corrected chi connectivity index (χ0v) is 20.9. The minimum atomic E-state index is -4.50. The van der Waals surface area contributed by atoms with E-state index in [2.05, 4.69) is 46.7 Å². The average Bonchev–Trinajstić information content (AvgIpc) is 3.41. The molecule has 1 aromatic heterocycles. The first-order chi connectivity index (χ1) is 16.7. The van der Waals surface area contributed by atoms with Crippen molar-refractivity contribution in [2.24, 2.45) is 5.92 Å². The van der Waals surface area contributed by atoms with Crippen LogP contribution < -0.4 is 0 Å². The van der Waals surface area contributed by atoms with Crippen LogP contribution in [0.5, 0.6) is 0 Å². The summed E-state index contributed by atoms with van der Waals surface area (Å²) >= 11 is 1.89. The second kappa shape index (κ2) is 9.56. The van der Waals surface area contributed by atoms with Crippen LogP contribution in [0.2, 0.25) is 0 Å². The average molecular weight is 505 g/mol. The Morgan fingerprint density at radius 1 is 1.17 bits per heavy atom. The normalized spacial score (nSPS) is 23.4. The van der Waals surface area contributed by atoms with Crippen molar-refractivity contribution >= 4 is 17.7 Å². The summed E-state index contributed by atoms with van der Waals surface area (Å²) in [5, 5.41) is 6.30. The third-order valence-electron chi connectivity index (χ3n) is 7.70. The van der Waals surface area contributed by atoms with E-state index >= 15 is 0 Å². The first-order valence-electron chi connectivity index (χ1n) is 12.3. The van der Waals surface area contributed by atoms with Gasteiger partial charge in [-0.1, -0.05) is 24.3 Å². The SMILES string of the molecule is Cc1cc(C(F)(F)F)nn1CC(=O)N1CCC([C@H]2SC=C(C3CCCc4ccccc43)N2C)CC1. The summed E-state index contributed by atoms with van der Waals surface area (Å²) in [6.45, 7) is 2.65. The van der Waals surface area contributed by atoms with Gasteiger partial charge in [-0.05, 0) is 67.5 Å². The molecule has 5 nitrogen and oxygen atoms in total. The molecule has 188 valence electrons. The van der Waals surface area contributed by atoms with Crippen LogP contribution in [0, 0.1) is 12.8 Å². The van der Waals surface area contributed by atoms with Crippen molar-refractivity contribution in [1.29, 1.82) is 0 Å². The quantitative estimate of drug-likeness (QED) is 0.558. The number of halogens is 3. The van der Waals surface area contributed by atoms with Gasteiger partial charge in [-0.15, -0.1) is 11.8 Å². The van der Waals surface area contributed by atoms with Gasteiger partial charge in [0.05, 0.1) is 5.37 Å². The Morgan fingerprint density at radius 2 is 1.91 bits per heavy atom. The molecule has 0 radical (unpaired) electrons. The lowest BCUT2D eigenvalue weighted by molar-refractivity contribution is -0.142. The number of aromatic nitrogens is 2. The summed E-state index contributed by atoms with van der Waals surface area (Å²) < 4.78 is 40.0. The van der Waals surface area contributed by atoms with Gasteiger partial charge in [-0.3, -0.25) is 9.48 Å². The number of hydrogen-bond donors (Lipinski definition) is 0. The van der Waals surface area contributed by atoms with Gasteiger partial charge in [-0.25, -0.2) is 0 Å². The highest BCUT2D eigenvalue weighted by Crippen LogP contribution is 2.46. The lowest BCUT2D eigenvalue weighted by Crippen LogP contribution is -2.44. The molecule has 5 rings (SSSR count). The van der Waals surface area contributed by atoms with Crippen LogP contribution in [-0.2, 0) is 23.9 Å². The summed E-state index contributed by atoms with van der Waals surface area (Å²) in [6, 6.07) is 9.78. The van der Waals surface area contributed by atoms with E-state index < -0.39 is 11.9 Å². The minimum absolute atomic E-state index is 0.155. The number of carbonyl (C=O) groups excluding carboxylic acids is 1. The van der Waals surface area contributed by atoms with Gasteiger partial charge in [0.1, 0.15) is 6.54 Å². The minimum Gasteiger partial charge on any atom is -0.364 e. The van der Waals surface area contributed by atoms with Crippen molar-refractivity contribution in [1.82, 2.24) is 19.6 Å². The van der Waals surface area contributed by atoms with Crippen molar-refractivity contribution in [3.8, 4) is 0 Å². The third-order valence-corrected chi connectivity index (χ3v) is 9.05. The Balaban J connectivity index is 1.17. The summed E-state index contributed by atoms with van der Waals surface area (Å²) in [7, 11) is 2.20. The number of thioether (sulfide) groups is 1. The Hall–Kier alpha value is -2.42. The molecule has 2 aromatic rings. The molecule has 2 atom stereocenters. The van der Waals surface area contributed by atoms with E-state index in [1.165, 1.54) is 29.7 Å². The zero-order chi connectivity index (χ0) is 24.7. The summed E-state index contributed by atoms with van der Waals surface area (Å²) in [6.07, 6.45) is 0.820. The molecule has 2 aliphatic heterocycles. The predicted octanol–water partition coefficient (Wildman–Crippen LogP) is 5.42. The fraction of sp³-hybridized carbons (Fsp3) is 0.538. The van der Waals surface area contributed by atoms with Gasteiger partial charge in [-0.2, -0.15) is 18.3 Å². The van der Waals surface area contributed by atoms with Crippen LogP contribution >= 0.6 is 11.8 Å². The van der Waals surface area contributed by atoms with Gasteiger partial charge in [0.15, 0.2) is 5.69 Å². The number of fused-ring (bicyclic) bond motifs is 1. The Kier molecular flexibility index (Phi) is 6.63. The molecule has 9 heteroatoms. The van der Waals surface area contributed by atoms with Crippen LogP contribution in [0.4, 0.5) is 13.2 Å². The predicted molar refractivity (Wildman–Crippen MR) is 131 cm³/mol. The van der Waals surface area contributed by atoms with Crippen molar-refractivity contribution in [2.75, 3.05) is 20.1 Å². The van der Waals surface area contributed by atoms with Crippen LogP contribution in [0.3, 0.4) is 0 Å². The summed E-state index contributed by atoms with van der Waals surface area (Å²) in [4.78, 5) is 17.0. The van der Waals surface area contributed by atoms with E-state index in [1.54, 1.807) is 11.8 Å². The maximum atomic E-state index is 12.9. The molecule has 0 saturated carbocycles. The summed E-state index contributed by atoms with van der Waals surface area (Å²) in [5.74, 6) is 0.737. The van der Waals surface area contributed by atoms with Crippen LogP contribution in [0.15, 0.2) is 41.4 Å². The van der Waals surface area contributed by atoms with E-state index in [0.29, 0.717) is 36.0 Å². The smallest absolute Gasteiger partial charge is 0.364 e. The number of piperidine rings is 1. The molecule has 1 aliphatic carbocycles. The second-order valence-electron chi connectivity index (χ2n) is 9.87. The Morgan fingerprint density at radius 3 is 2.63 bits per heavy atom. The third kappa shape index (κ3) is 4.84. The van der Waals surface area contributed by atoms with Crippen molar-refractivity contribution < 1.29 is 18.0 Å². The molecule has 35 heavy (non-hydrogen) atoms. The number of alkyl halides is 3. The van der Waals surface area contributed by atoms with Crippen LogP contribution in [0.25, 0.3) is 0 Å². The van der Waals surface area contributed by atoms with E-state index in [-0.39, 0.29) is 12.5 Å². The largest absolute Gasteiger partial charge is 0.435 e. The molecule has 1 saturated heterocycles. The van der Waals surface area contributed by atoms with Crippen LogP contribution in [0.1, 0.15) is 54.1 Å². The number of benzene rings is 1. The number of aryl methyl sites for hydroxylation is 2. The Labute approximate surface area is 208 Å². The molecule has 1 fully saturated rings. The molecule has 3 heterocycles. The molecule has 3 aliphatic rings. The topological polar surface area (TPSA) is 41.4 Å². The highest BCUT2D eigenvalue weighted by atomic mass is 32.2. The number of nitrogens with zero attached hydrogens (tertiary/aromatic N) is 4. The van der Waals surface area contributed by atoms with Crippen molar-refractivity contribution in [3.63, 3.8) is 0 Å². The maximum absolute atomic E-state index is 12.9. The second-order valence-corrected chi connectivity index (χ2v) is 10.9. The van der Waals surface area contributed by atoms with E-state index in [1.807, 2.05) is 11.8 Å². The number of allylic oxidation sites excluding steroid dienone is 1. The first-order valence-corrected chi connectivity index (χ1v) is 13.2. The molecule has 1 aromatic carbocycles. The lowest BCUT2D eigenvalue weighted by atomic mass is 9.81. The zero-order valence-electron chi connectivity index (χ0n) is 20.1. The van der Waals surface area contributed by atoms with Gasteiger partial charge in [0.2, 0.25) is 5.91 Å². The molecular formula is C26H31F3N4OS. The molecule has 1 unspecified atom stereocenters. The number of rotatable bonds is 4. The monoisotopic (exact) mass is 504 g/mol. The number of likely N-dealkylation sites (tertiary alicyclic amines) is 1. The maximum Gasteiger partial charge on any atom is 0.435 e. The van der Waals surface area contributed by atoms with Crippen LogP contribution in [-0.4, -0.2) is 51.0 Å². The number of carbonyl (C=O) groups is 1. The molecule has 1 amide bonds. The summed E-state index contributed by atoms with van der Waals surface area (Å²) in [5.41, 5.74) is 3.72. The van der Waals surface area contributed by atoms with Gasteiger partial charge >= 0.3 is 6.18 Å². The lowest BCUT2D eigenvalue weighted by Gasteiger charge is -2.39. The fourth-order valence-electron chi connectivity index (χ4n) is 5.75. The highest BCUT2D eigenvalue weighted by Gasteiger charge is 2.38.